The van der Waals surface area contributed by atoms with Crippen molar-refractivity contribution in [2.24, 2.45) is 5.92 Å². The molecule has 1 aliphatic heterocycles. The summed E-state index contributed by atoms with van der Waals surface area (Å²) in [5, 5.41) is 17.7. The highest BCUT2D eigenvalue weighted by Crippen LogP contribution is 2.31. The Labute approximate surface area is 206 Å². The number of hydrogen-bond donors (Lipinski definition) is 4. The standard InChI is InChI=1S/C26H32N6O2S/c1-3-35(33,34)32-24-11-12-28-15-19(24)6-4-5-7-20-16-29-17-21(14-27)26(20)31-23-8-9-25-22(18(23)2)10-13-30-25/h5,7-10,13,16-17,19,24,28,30,32H,3-4,6,11-12,15H2,1-2H3,(H,29,31). The summed E-state index contributed by atoms with van der Waals surface area (Å²) in [6.07, 6.45) is 11.8. The molecule has 4 N–H and O–H groups in total. The molecule has 1 aliphatic rings. The van der Waals surface area contributed by atoms with Crippen molar-refractivity contribution in [3.8, 4) is 6.07 Å². The molecule has 4 rings (SSSR count). The number of rotatable bonds is 9. The second kappa shape index (κ2) is 11.0. The maximum Gasteiger partial charge on any atom is 0.211 e. The Morgan fingerprint density at radius 2 is 2.14 bits per heavy atom. The van der Waals surface area contributed by atoms with Crippen LogP contribution in [0.4, 0.5) is 11.4 Å². The van der Waals surface area contributed by atoms with E-state index in [1.807, 2.05) is 30.5 Å². The molecular formula is C26H32N6O2S. The molecule has 1 saturated heterocycles. The van der Waals surface area contributed by atoms with Crippen molar-refractivity contribution >= 4 is 38.4 Å². The van der Waals surface area contributed by atoms with E-state index in [4.69, 9.17) is 0 Å². The number of nitriles is 1. The average Bonchev–Trinajstić information content (AvgIpc) is 3.34. The third kappa shape index (κ3) is 5.90. The topological polar surface area (TPSA) is 123 Å². The van der Waals surface area contributed by atoms with E-state index < -0.39 is 10.0 Å². The lowest BCUT2D eigenvalue weighted by molar-refractivity contribution is 0.293. The number of allylic oxidation sites excluding steroid dienone is 1. The van der Waals surface area contributed by atoms with Gasteiger partial charge in [-0.3, -0.25) is 4.98 Å². The lowest BCUT2D eigenvalue weighted by Gasteiger charge is -2.32. The highest BCUT2D eigenvalue weighted by atomic mass is 32.2. The summed E-state index contributed by atoms with van der Waals surface area (Å²) in [6.45, 7) is 5.33. The van der Waals surface area contributed by atoms with E-state index >= 15 is 0 Å². The zero-order valence-electron chi connectivity index (χ0n) is 20.1. The van der Waals surface area contributed by atoms with Gasteiger partial charge in [0.05, 0.1) is 17.0 Å². The first kappa shape index (κ1) is 24.9. The molecule has 8 nitrogen and oxygen atoms in total. The fraction of sp³-hybridized carbons (Fsp3) is 0.385. The molecule has 0 aliphatic carbocycles. The van der Waals surface area contributed by atoms with Gasteiger partial charge in [-0.15, -0.1) is 0 Å². The molecule has 0 amide bonds. The largest absolute Gasteiger partial charge is 0.361 e. The number of hydrogen-bond acceptors (Lipinski definition) is 6. The van der Waals surface area contributed by atoms with Crippen molar-refractivity contribution in [1.29, 1.82) is 5.26 Å². The molecule has 2 unspecified atom stereocenters. The molecule has 2 aromatic heterocycles. The van der Waals surface area contributed by atoms with E-state index in [0.29, 0.717) is 5.56 Å². The van der Waals surface area contributed by atoms with E-state index in [2.05, 4.69) is 44.4 Å². The molecule has 0 saturated carbocycles. The number of nitrogens with zero attached hydrogens (tertiary/aromatic N) is 2. The predicted octanol–water partition coefficient (Wildman–Crippen LogP) is 4.20. The van der Waals surface area contributed by atoms with Crippen LogP contribution >= 0.6 is 0 Å². The van der Waals surface area contributed by atoms with Gasteiger partial charge in [-0.1, -0.05) is 12.2 Å². The van der Waals surface area contributed by atoms with Gasteiger partial charge in [0.25, 0.3) is 0 Å². The van der Waals surface area contributed by atoms with Crippen LogP contribution in [0.5, 0.6) is 0 Å². The van der Waals surface area contributed by atoms with Gasteiger partial charge in [-0.2, -0.15) is 5.26 Å². The lowest BCUT2D eigenvalue weighted by atomic mass is 9.90. The number of piperidine rings is 1. The van der Waals surface area contributed by atoms with Crippen molar-refractivity contribution in [3.05, 3.63) is 59.6 Å². The van der Waals surface area contributed by atoms with Gasteiger partial charge in [0.1, 0.15) is 6.07 Å². The molecule has 0 bridgehead atoms. The molecule has 0 radical (unpaired) electrons. The highest BCUT2D eigenvalue weighted by Gasteiger charge is 2.27. The summed E-state index contributed by atoms with van der Waals surface area (Å²) < 4.78 is 27.0. The number of pyridine rings is 1. The quantitative estimate of drug-likeness (QED) is 0.355. The Morgan fingerprint density at radius 3 is 2.94 bits per heavy atom. The number of nitrogens with one attached hydrogen (secondary N) is 4. The lowest BCUT2D eigenvalue weighted by Crippen LogP contribution is -2.49. The fourth-order valence-electron chi connectivity index (χ4n) is 4.60. The number of aromatic amines is 1. The van der Waals surface area contributed by atoms with Crippen LogP contribution in [0.15, 0.2) is 42.9 Å². The van der Waals surface area contributed by atoms with Gasteiger partial charge in [0.15, 0.2) is 0 Å². The van der Waals surface area contributed by atoms with E-state index in [1.165, 1.54) is 0 Å². The minimum absolute atomic E-state index is 0.0401. The van der Waals surface area contributed by atoms with Crippen molar-refractivity contribution in [2.75, 3.05) is 24.2 Å². The van der Waals surface area contributed by atoms with E-state index in [0.717, 1.165) is 65.8 Å². The number of sulfonamides is 1. The summed E-state index contributed by atoms with van der Waals surface area (Å²) in [4.78, 5) is 7.47. The second-order valence-corrected chi connectivity index (χ2v) is 11.0. The number of benzene rings is 1. The average molecular weight is 493 g/mol. The fourth-order valence-corrected chi connectivity index (χ4v) is 5.54. The number of H-pyrrole nitrogens is 1. The Balaban J connectivity index is 1.49. The van der Waals surface area contributed by atoms with Gasteiger partial charge >= 0.3 is 0 Å². The zero-order chi connectivity index (χ0) is 24.8. The normalized spacial score (nSPS) is 18.7. The van der Waals surface area contributed by atoms with Crippen LogP contribution in [0, 0.1) is 24.2 Å². The number of fused-ring (bicyclic) bond motifs is 1. The third-order valence-corrected chi connectivity index (χ3v) is 8.10. The molecule has 35 heavy (non-hydrogen) atoms. The first-order chi connectivity index (χ1) is 16.9. The van der Waals surface area contributed by atoms with E-state index in [1.54, 1.807) is 19.3 Å². The van der Waals surface area contributed by atoms with Crippen molar-refractivity contribution in [2.45, 2.75) is 39.2 Å². The maximum absolute atomic E-state index is 12.1. The van der Waals surface area contributed by atoms with E-state index in [9.17, 15) is 13.7 Å². The Hall–Kier alpha value is -3.19. The summed E-state index contributed by atoms with van der Waals surface area (Å²) >= 11 is 0. The van der Waals surface area contributed by atoms with Crippen molar-refractivity contribution in [1.82, 2.24) is 20.0 Å². The zero-order valence-corrected chi connectivity index (χ0v) is 21.0. The summed E-state index contributed by atoms with van der Waals surface area (Å²) in [5.41, 5.74) is 5.15. The maximum atomic E-state index is 12.1. The molecule has 0 spiro atoms. The van der Waals surface area contributed by atoms with Crippen LogP contribution < -0.4 is 15.4 Å². The van der Waals surface area contributed by atoms with Crippen LogP contribution in [0.3, 0.4) is 0 Å². The van der Waals surface area contributed by atoms with Crippen LogP contribution in [0.2, 0.25) is 0 Å². The Morgan fingerprint density at radius 1 is 1.29 bits per heavy atom. The molecule has 3 aromatic rings. The molecule has 3 heterocycles. The van der Waals surface area contributed by atoms with E-state index in [-0.39, 0.29) is 17.7 Å². The number of aryl methyl sites for hydroxylation is 1. The molecule has 1 aromatic carbocycles. The van der Waals surface area contributed by atoms with Crippen LogP contribution in [-0.4, -0.2) is 43.3 Å². The summed E-state index contributed by atoms with van der Waals surface area (Å²) in [5.74, 6) is 0.324. The van der Waals surface area contributed by atoms with Gasteiger partial charge in [-0.25, -0.2) is 13.1 Å². The monoisotopic (exact) mass is 492 g/mol. The molecule has 1 fully saturated rings. The summed E-state index contributed by atoms with van der Waals surface area (Å²) in [6, 6.07) is 8.28. The highest BCUT2D eigenvalue weighted by molar-refractivity contribution is 7.89. The van der Waals surface area contributed by atoms with Crippen LogP contribution in [0.25, 0.3) is 17.0 Å². The molecular weight excluding hydrogens is 460 g/mol. The van der Waals surface area contributed by atoms with Gasteiger partial charge < -0.3 is 15.6 Å². The van der Waals surface area contributed by atoms with Crippen LogP contribution in [-0.2, 0) is 10.0 Å². The second-order valence-electron chi connectivity index (χ2n) is 8.93. The minimum Gasteiger partial charge on any atom is -0.361 e. The molecule has 184 valence electrons. The minimum atomic E-state index is -3.23. The first-order valence-electron chi connectivity index (χ1n) is 12.0. The van der Waals surface area contributed by atoms with Gasteiger partial charge in [0, 0.05) is 46.8 Å². The third-order valence-electron chi connectivity index (χ3n) is 6.68. The Kier molecular flexibility index (Phi) is 7.86. The van der Waals surface area contributed by atoms with Crippen molar-refractivity contribution in [3.63, 3.8) is 0 Å². The van der Waals surface area contributed by atoms with Crippen LogP contribution in [0.1, 0.15) is 42.9 Å². The number of aromatic nitrogens is 2. The Bertz CT molecular complexity index is 1360. The smallest absolute Gasteiger partial charge is 0.211 e. The number of anilines is 2. The van der Waals surface area contributed by atoms with Gasteiger partial charge in [0.2, 0.25) is 10.0 Å². The first-order valence-corrected chi connectivity index (χ1v) is 13.7. The van der Waals surface area contributed by atoms with Crippen molar-refractivity contribution < 1.29 is 8.42 Å². The van der Waals surface area contributed by atoms with Gasteiger partial charge in [-0.05, 0) is 75.9 Å². The SMILES string of the molecule is CCS(=O)(=O)NC1CCNCC1CCC=Cc1cncc(C#N)c1Nc1ccc2[nH]ccc2c1C. The predicted molar refractivity (Wildman–Crippen MR) is 141 cm³/mol. The molecule has 2 atom stereocenters. The summed E-state index contributed by atoms with van der Waals surface area (Å²) in [7, 11) is -3.23. The molecule has 9 heteroatoms.